The maximum Gasteiger partial charge on any atom is 0.293 e. The summed E-state index contributed by atoms with van der Waals surface area (Å²) in [7, 11) is 0.0717. The van der Waals surface area contributed by atoms with Crippen LogP contribution in [0.15, 0.2) is 53.4 Å². The average Bonchev–Trinajstić information content (AvgIpc) is 2.47. The van der Waals surface area contributed by atoms with Crippen molar-refractivity contribution in [1.29, 1.82) is 0 Å². The molecule has 7 heteroatoms. The molecule has 0 saturated carbocycles. The lowest BCUT2D eigenvalue weighted by Gasteiger charge is -2.08. The minimum atomic E-state index is -1.45. The maximum atomic E-state index is 11.6. The molecule has 0 aliphatic rings. The van der Waals surface area contributed by atoms with Crippen molar-refractivity contribution in [2.24, 2.45) is 0 Å². The predicted octanol–water partition coefficient (Wildman–Crippen LogP) is 2.58. The molecule has 0 amide bonds. The molecule has 0 aliphatic carbocycles. The normalized spacial score (nSPS) is 11.8. The lowest BCUT2D eigenvalue weighted by atomic mass is 10.2. The molecule has 104 valence electrons. The maximum absolute atomic E-state index is 11.6. The smallest absolute Gasteiger partial charge is 0.293 e. The van der Waals surface area contributed by atoms with E-state index in [1.165, 1.54) is 13.1 Å². The van der Waals surface area contributed by atoms with Gasteiger partial charge in [0.2, 0.25) is 0 Å². The zero-order valence-corrected chi connectivity index (χ0v) is 11.5. The molecule has 20 heavy (non-hydrogen) atoms. The van der Waals surface area contributed by atoms with Crippen LogP contribution in [0.5, 0.6) is 0 Å². The summed E-state index contributed by atoms with van der Waals surface area (Å²) in [6, 6.07) is 13.6. The van der Waals surface area contributed by atoms with Crippen LogP contribution in [-0.4, -0.2) is 16.2 Å². The number of nitrogens with one attached hydrogen (secondary N) is 2. The van der Waals surface area contributed by atoms with Gasteiger partial charge in [0.05, 0.1) is 9.82 Å². The van der Waals surface area contributed by atoms with Crippen LogP contribution >= 0.6 is 0 Å². The van der Waals surface area contributed by atoms with Gasteiger partial charge in [-0.1, -0.05) is 18.2 Å². The van der Waals surface area contributed by atoms with Gasteiger partial charge in [0.25, 0.3) is 5.69 Å². The molecule has 2 aromatic carbocycles. The zero-order chi connectivity index (χ0) is 14.5. The molecule has 0 spiro atoms. The summed E-state index contributed by atoms with van der Waals surface area (Å²) in [5, 5.41) is 14.1. The Labute approximate surface area is 118 Å². The lowest BCUT2D eigenvalue weighted by Crippen LogP contribution is -2.11. The molecular weight excluding hydrogens is 278 g/mol. The summed E-state index contributed by atoms with van der Waals surface area (Å²) in [6.07, 6.45) is 0. The van der Waals surface area contributed by atoms with E-state index >= 15 is 0 Å². The SMILES string of the molecule is CNS(=O)c1ccc(Nc2ccccc2)c([N+](=O)[O-])c1. The predicted molar refractivity (Wildman–Crippen MR) is 78.3 cm³/mol. The van der Waals surface area contributed by atoms with E-state index in [1.807, 2.05) is 30.3 Å². The third-order valence-electron chi connectivity index (χ3n) is 2.62. The second kappa shape index (κ2) is 6.27. The first-order chi connectivity index (χ1) is 9.61. The van der Waals surface area contributed by atoms with Crippen molar-refractivity contribution >= 4 is 28.0 Å². The zero-order valence-electron chi connectivity index (χ0n) is 10.7. The number of benzene rings is 2. The molecule has 0 bridgehead atoms. The Hall–Kier alpha value is -2.25. The molecule has 0 aliphatic heterocycles. The van der Waals surface area contributed by atoms with Crippen LogP contribution in [-0.2, 0) is 11.0 Å². The number of hydrogen-bond donors (Lipinski definition) is 2. The van der Waals surface area contributed by atoms with Crippen LogP contribution in [0, 0.1) is 10.1 Å². The van der Waals surface area contributed by atoms with Crippen LogP contribution in [0.3, 0.4) is 0 Å². The largest absolute Gasteiger partial charge is 0.350 e. The van der Waals surface area contributed by atoms with Crippen molar-refractivity contribution in [1.82, 2.24) is 4.72 Å². The van der Waals surface area contributed by atoms with E-state index in [-0.39, 0.29) is 5.69 Å². The van der Waals surface area contributed by atoms with Crippen LogP contribution < -0.4 is 10.0 Å². The Balaban J connectivity index is 2.38. The van der Waals surface area contributed by atoms with Crippen molar-refractivity contribution in [3.8, 4) is 0 Å². The number of para-hydroxylation sites is 1. The number of nitro groups is 1. The summed E-state index contributed by atoms with van der Waals surface area (Å²) in [5.74, 6) is 0. The first kappa shape index (κ1) is 14.2. The first-order valence-electron chi connectivity index (χ1n) is 5.81. The van der Waals surface area contributed by atoms with Gasteiger partial charge in [0, 0.05) is 11.8 Å². The standard InChI is InChI=1S/C13H13N3O3S/c1-14-20(19)11-7-8-12(13(9-11)16(17)18)15-10-5-3-2-4-6-10/h2-9,14-15H,1H3. The van der Waals surface area contributed by atoms with Crippen LogP contribution in [0.4, 0.5) is 17.1 Å². The molecule has 2 rings (SSSR count). The molecule has 2 N–H and O–H groups in total. The number of nitrogens with zero attached hydrogens (tertiary/aromatic N) is 1. The van der Waals surface area contributed by atoms with Crippen LogP contribution in [0.1, 0.15) is 0 Å². The van der Waals surface area contributed by atoms with Gasteiger partial charge in [0.1, 0.15) is 16.7 Å². The van der Waals surface area contributed by atoms with Gasteiger partial charge in [-0.3, -0.25) is 10.1 Å². The molecular formula is C13H13N3O3S. The van der Waals surface area contributed by atoms with Crippen molar-refractivity contribution < 1.29 is 9.13 Å². The van der Waals surface area contributed by atoms with Gasteiger partial charge in [-0.05, 0) is 31.3 Å². The summed E-state index contributed by atoms with van der Waals surface area (Å²) in [6.45, 7) is 0. The van der Waals surface area contributed by atoms with Gasteiger partial charge >= 0.3 is 0 Å². The highest BCUT2D eigenvalue weighted by Gasteiger charge is 2.16. The number of anilines is 2. The highest BCUT2D eigenvalue weighted by Crippen LogP contribution is 2.29. The second-order valence-corrected chi connectivity index (χ2v) is 5.32. The van der Waals surface area contributed by atoms with Crippen LogP contribution in [0.2, 0.25) is 0 Å². The Morgan fingerprint density at radius 2 is 1.85 bits per heavy atom. The fourth-order valence-electron chi connectivity index (χ4n) is 1.68. The second-order valence-electron chi connectivity index (χ2n) is 3.90. The molecule has 2 aromatic rings. The fourth-order valence-corrected chi connectivity index (χ4v) is 2.32. The topological polar surface area (TPSA) is 84.3 Å². The van der Waals surface area contributed by atoms with Gasteiger partial charge < -0.3 is 5.32 Å². The molecule has 0 fully saturated rings. The number of nitro benzene ring substituents is 1. The monoisotopic (exact) mass is 291 g/mol. The van der Waals surface area contributed by atoms with Gasteiger partial charge in [-0.2, -0.15) is 0 Å². The lowest BCUT2D eigenvalue weighted by molar-refractivity contribution is -0.384. The Kier molecular flexibility index (Phi) is 4.44. The summed E-state index contributed by atoms with van der Waals surface area (Å²) >= 11 is 0. The highest BCUT2D eigenvalue weighted by molar-refractivity contribution is 7.83. The first-order valence-corrected chi connectivity index (χ1v) is 6.96. The minimum absolute atomic E-state index is 0.116. The van der Waals surface area contributed by atoms with Crippen LogP contribution in [0.25, 0.3) is 0 Å². The highest BCUT2D eigenvalue weighted by atomic mass is 32.2. The van der Waals surface area contributed by atoms with Crippen molar-refractivity contribution in [2.45, 2.75) is 4.90 Å². The van der Waals surface area contributed by atoms with E-state index in [0.717, 1.165) is 5.69 Å². The fraction of sp³-hybridized carbons (Fsp3) is 0.0769. The summed E-state index contributed by atoms with van der Waals surface area (Å²) < 4.78 is 14.2. The van der Waals surface area contributed by atoms with E-state index in [4.69, 9.17) is 0 Å². The Morgan fingerprint density at radius 1 is 1.15 bits per heavy atom. The molecule has 0 saturated heterocycles. The van der Waals surface area contributed by atoms with E-state index in [9.17, 15) is 14.3 Å². The quantitative estimate of drug-likeness (QED) is 0.655. The average molecular weight is 291 g/mol. The van der Waals surface area contributed by atoms with E-state index in [0.29, 0.717) is 10.6 Å². The van der Waals surface area contributed by atoms with Gasteiger partial charge in [0.15, 0.2) is 0 Å². The third kappa shape index (κ3) is 3.19. The number of hydrogen-bond acceptors (Lipinski definition) is 4. The Bertz CT molecular complexity index is 647. The minimum Gasteiger partial charge on any atom is -0.350 e. The Morgan fingerprint density at radius 3 is 2.45 bits per heavy atom. The van der Waals surface area contributed by atoms with Crippen molar-refractivity contribution in [3.63, 3.8) is 0 Å². The third-order valence-corrected chi connectivity index (χ3v) is 3.67. The van der Waals surface area contributed by atoms with Gasteiger partial charge in [-0.25, -0.2) is 8.93 Å². The molecule has 0 aromatic heterocycles. The van der Waals surface area contributed by atoms with Crippen molar-refractivity contribution in [3.05, 3.63) is 58.6 Å². The summed E-state index contributed by atoms with van der Waals surface area (Å²) in [5.41, 5.74) is 0.992. The van der Waals surface area contributed by atoms with E-state index in [2.05, 4.69) is 10.0 Å². The molecule has 0 radical (unpaired) electrons. The summed E-state index contributed by atoms with van der Waals surface area (Å²) in [4.78, 5) is 11.0. The van der Waals surface area contributed by atoms with Gasteiger partial charge in [-0.15, -0.1) is 0 Å². The van der Waals surface area contributed by atoms with Crippen molar-refractivity contribution in [2.75, 3.05) is 12.4 Å². The van der Waals surface area contributed by atoms with E-state index < -0.39 is 15.9 Å². The number of rotatable bonds is 5. The molecule has 1 unspecified atom stereocenters. The molecule has 6 nitrogen and oxygen atoms in total. The van der Waals surface area contributed by atoms with E-state index in [1.54, 1.807) is 12.1 Å². The molecule has 0 heterocycles. The molecule has 1 atom stereocenters.